The molecule has 3 aromatic heterocycles. The molecule has 0 spiro atoms. The highest BCUT2D eigenvalue weighted by Crippen LogP contribution is 2.36. The van der Waals surface area contributed by atoms with Crippen molar-refractivity contribution in [2.24, 2.45) is 7.05 Å². The molecule has 0 aromatic carbocycles. The molecule has 1 amide bonds. The number of hydrogen-bond donors (Lipinski definition) is 0. The normalized spacial score (nSPS) is 16.4. The summed E-state index contributed by atoms with van der Waals surface area (Å²) in [5, 5.41) is 4.58. The largest absolute Gasteiger partial charge is 0.329 e. The molecule has 4 heterocycles. The number of rotatable bonds is 6. The Morgan fingerprint density at radius 2 is 1.97 bits per heavy atom. The first-order valence-corrected chi connectivity index (χ1v) is 11.6. The number of carbonyl (C=O) groups excluding carboxylic acids is 1. The minimum atomic E-state index is -0.0857. The number of aryl methyl sites for hydroxylation is 3. The summed E-state index contributed by atoms with van der Waals surface area (Å²) in [6.07, 6.45) is 11.1. The highest BCUT2D eigenvalue weighted by atomic mass is 16.2. The smallest absolute Gasteiger partial charge is 0.272 e. The van der Waals surface area contributed by atoms with Gasteiger partial charge in [-0.25, -0.2) is 9.97 Å². The standard InChI is InChI=1S/C25H32N6O/c1-5-9-22-27-16-19(18-11-13-26-14-12-18)23(28-22)21-10-7-8-15-31(21)25(32)24-17(3)20(6-2)29-30(24)4/h11-14,16,21H,5-10,15H2,1-4H3/t21-/m1/s1. The van der Waals surface area contributed by atoms with Gasteiger partial charge in [-0.3, -0.25) is 14.5 Å². The molecule has 1 aliphatic heterocycles. The van der Waals surface area contributed by atoms with Crippen molar-refractivity contribution in [1.29, 1.82) is 0 Å². The minimum absolute atomic E-state index is 0.0400. The lowest BCUT2D eigenvalue weighted by Gasteiger charge is -2.36. The Hall–Kier alpha value is -3.09. The maximum absolute atomic E-state index is 13.8. The number of pyridine rings is 1. The summed E-state index contributed by atoms with van der Waals surface area (Å²) in [5.41, 5.74) is 5.59. The van der Waals surface area contributed by atoms with E-state index in [1.807, 2.05) is 37.2 Å². The van der Waals surface area contributed by atoms with E-state index >= 15 is 0 Å². The molecule has 7 heteroatoms. The van der Waals surface area contributed by atoms with Gasteiger partial charge >= 0.3 is 0 Å². The Bertz CT molecular complexity index is 1090. The molecular weight excluding hydrogens is 400 g/mol. The lowest BCUT2D eigenvalue weighted by Crippen LogP contribution is -2.40. The number of amides is 1. The van der Waals surface area contributed by atoms with Crippen LogP contribution in [0.1, 0.15) is 78.8 Å². The van der Waals surface area contributed by atoms with Crippen LogP contribution < -0.4 is 0 Å². The summed E-state index contributed by atoms with van der Waals surface area (Å²) < 4.78 is 1.74. The van der Waals surface area contributed by atoms with Crippen LogP contribution in [0.4, 0.5) is 0 Å². The molecule has 1 fully saturated rings. The zero-order chi connectivity index (χ0) is 22.7. The molecule has 0 aliphatic carbocycles. The van der Waals surface area contributed by atoms with Crippen molar-refractivity contribution in [3.05, 3.63) is 59.2 Å². The Morgan fingerprint density at radius 3 is 2.66 bits per heavy atom. The van der Waals surface area contributed by atoms with Crippen LogP contribution in [0.3, 0.4) is 0 Å². The van der Waals surface area contributed by atoms with E-state index in [1.165, 1.54) is 0 Å². The van der Waals surface area contributed by atoms with Crippen LogP contribution in [0.5, 0.6) is 0 Å². The maximum Gasteiger partial charge on any atom is 0.272 e. The molecule has 32 heavy (non-hydrogen) atoms. The molecule has 1 aliphatic rings. The second-order valence-corrected chi connectivity index (χ2v) is 8.48. The fourth-order valence-electron chi connectivity index (χ4n) is 4.70. The van der Waals surface area contributed by atoms with E-state index in [-0.39, 0.29) is 11.9 Å². The Labute approximate surface area is 189 Å². The van der Waals surface area contributed by atoms with Gasteiger partial charge in [0.15, 0.2) is 0 Å². The molecule has 4 rings (SSSR count). The van der Waals surface area contributed by atoms with Gasteiger partial charge in [-0.2, -0.15) is 5.10 Å². The lowest BCUT2D eigenvalue weighted by molar-refractivity contribution is 0.0594. The molecule has 1 atom stereocenters. The van der Waals surface area contributed by atoms with E-state index in [1.54, 1.807) is 17.1 Å². The van der Waals surface area contributed by atoms with Gasteiger partial charge in [0.2, 0.25) is 0 Å². The quantitative estimate of drug-likeness (QED) is 0.575. The average molecular weight is 433 g/mol. The van der Waals surface area contributed by atoms with E-state index in [0.717, 1.165) is 79.0 Å². The van der Waals surface area contributed by atoms with Crippen molar-refractivity contribution in [3.63, 3.8) is 0 Å². The van der Waals surface area contributed by atoms with Crippen LogP contribution in [0, 0.1) is 6.92 Å². The number of aromatic nitrogens is 5. The van der Waals surface area contributed by atoms with Crippen molar-refractivity contribution >= 4 is 5.91 Å². The van der Waals surface area contributed by atoms with Crippen molar-refractivity contribution in [1.82, 2.24) is 29.6 Å². The van der Waals surface area contributed by atoms with Crippen molar-refractivity contribution in [2.45, 2.75) is 65.3 Å². The van der Waals surface area contributed by atoms with E-state index < -0.39 is 0 Å². The van der Waals surface area contributed by atoms with Gasteiger partial charge in [-0.15, -0.1) is 0 Å². The lowest BCUT2D eigenvalue weighted by atomic mass is 9.93. The van der Waals surface area contributed by atoms with Crippen LogP contribution in [-0.4, -0.2) is 42.1 Å². The van der Waals surface area contributed by atoms with Crippen molar-refractivity contribution in [3.8, 4) is 11.1 Å². The number of hydrogen-bond acceptors (Lipinski definition) is 5. The fourth-order valence-corrected chi connectivity index (χ4v) is 4.70. The summed E-state index contributed by atoms with van der Waals surface area (Å²) in [6.45, 7) is 6.93. The second kappa shape index (κ2) is 9.59. The second-order valence-electron chi connectivity index (χ2n) is 8.48. The summed E-state index contributed by atoms with van der Waals surface area (Å²) in [7, 11) is 1.87. The highest BCUT2D eigenvalue weighted by Gasteiger charge is 2.34. The Kier molecular flexibility index (Phi) is 6.63. The van der Waals surface area contributed by atoms with Gasteiger partial charge in [0.1, 0.15) is 11.5 Å². The topological polar surface area (TPSA) is 76.8 Å². The molecule has 0 N–H and O–H groups in total. The fraction of sp³-hybridized carbons (Fsp3) is 0.480. The van der Waals surface area contributed by atoms with Gasteiger partial charge in [0.25, 0.3) is 5.91 Å². The third-order valence-corrected chi connectivity index (χ3v) is 6.33. The molecule has 7 nitrogen and oxygen atoms in total. The molecule has 3 aromatic rings. The van der Waals surface area contributed by atoms with Gasteiger partial charge in [-0.1, -0.05) is 13.8 Å². The SMILES string of the molecule is CCCc1ncc(-c2ccncc2)c([C@H]2CCCCN2C(=O)c2c(C)c(CC)nn2C)n1. The van der Waals surface area contributed by atoms with Crippen molar-refractivity contribution in [2.75, 3.05) is 6.54 Å². The van der Waals surface area contributed by atoms with E-state index in [4.69, 9.17) is 4.98 Å². The van der Waals surface area contributed by atoms with E-state index in [9.17, 15) is 4.79 Å². The Morgan fingerprint density at radius 1 is 1.19 bits per heavy atom. The van der Waals surface area contributed by atoms with Gasteiger partial charge in [0.05, 0.1) is 17.4 Å². The minimum Gasteiger partial charge on any atom is -0.329 e. The highest BCUT2D eigenvalue weighted by molar-refractivity contribution is 5.94. The molecule has 0 saturated carbocycles. The monoisotopic (exact) mass is 432 g/mol. The maximum atomic E-state index is 13.8. The zero-order valence-electron chi connectivity index (χ0n) is 19.5. The number of nitrogens with zero attached hydrogens (tertiary/aromatic N) is 6. The molecular formula is C25H32N6O. The molecule has 0 unspecified atom stereocenters. The van der Waals surface area contributed by atoms with Crippen LogP contribution in [0.25, 0.3) is 11.1 Å². The van der Waals surface area contributed by atoms with Crippen LogP contribution in [0.2, 0.25) is 0 Å². The number of carbonyl (C=O) groups is 1. The molecule has 0 radical (unpaired) electrons. The molecule has 0 bridgehead atoms. The van der Waals surface area contributed by atoms with Gasteiger partial charge in [0, 0.05) is 49.7 Å². The number of likely N-dealkylation sites (tertiary alicyclic amines) is 1. The molecule has 168 valence electrons. The first-order valence-electron chi connectivity index (χ1n) is 11.6. The van der Waals surface area contributed by atoms with Crippen LogP contribution in [-0.2, 0) is 19.9 Å². The predicted octanol–water partition coefficient (Wildman–Crippen LogP) is 4.46. The summed E-state index contributed by atoms with van der Waals surface area (Å²) in [6, 6.07) is 3.88. The van der Waals surface area contributed by atoms with Crippen LogP contribution >= 0.6 is 0 Å². The van der Waals surface area contributed by atoms with Crippen molar-refractivity contribution < 1.29 is 4.79 Å². The summed E-state index contributed by atoms with van der Waals surface area (Å²) >= 11 is 0. The first-order chi connectivity index (χ1) is 15.5. The third-order valence-electron chi connectivity index (χ3n) is 6.33. The van der Waals surface area contributed by atoms with Gasteiger partial charge < -0.3 is 4.90 Å². The van der Waals surface area contributed by atoms with Gasteiger partial charge in [-0.05, 0) is 56.7 Å². The van der Waals surface area contributed by atoms with E-state index in [2.05, 4.69) is 28.9 Å². The third kappa shape index (κ3) is 4.16. The average Bonchev–Trinajstić information content (AvgIpc) is 3.12. The van der Waals surface area contributed by atoms with E-state index in [0.29, 0.717) is 5.69 Å². The molecule has 1 saturated heterocycles. The zero-order valence-corrected chi connectivity index (χ0v) is 19.5. The number of piperidine rings is 1. The van der Waals surface area contributed by atoms with Crippen LogP contribution in [0.15, 0.2) is 30.7 Å². The first kappa shape index (κ1) is 22.1. The Balaban J connectivity index is 1.79. The predicted molar refractivity (Wildman–Crippen MR) is 124 cm³/mol. The summed E-state index contributed by atoms with van der Waals surface area (Å²) in [4.78, 5) is 29.6. The summed E-state index contributed by atoms with van der Waals surface area (Å²) in [5.74, 6) is 0.876.